The highest BCUT2D eigenvalue weighted by Gasteiger charge is 2.24. The topological polar surface area (TPSA) is 224 Å². The van der Waals surface area contributed by atoms with Crippen molar-refractivity contribution in [1.29, 1.82) is 0 Å². The summed E-state index contributed by atoms with van der Waals surface area (Å²) in [5.41, 5.74) is 0. The second-order valence-corrected chi connectivity index (χ2v) is 12.4. The molecule has 0 radical (unpaired) electrons. The molecule has 0 amide bonds. The number of hydrogen-bond acceptors (Lipinski definition) is 12. The largest absolute Gasteiger partial charge is 0.482 e. The smallest absolute Gasteiger partial charge is 0.341 e. The summed E-state index contributed by atoms with van der Waals surface area (Å²) in [6.07, 6.45) is -1.32. The van der Waals surface area contributed by atoms with Crippen LogP contribution in [0.15, 0.2) is 29.2 Å². The lowest BCUT2D eigenvalue weighted by Gasteiger charge is -2.34. The van der Waals surface area contributed by atoms with Crippen molar-refractivity contribution >= 4 is 37.5 Å². The normalized spacial score (nSPS) is 18.1. The fourth-order valence-electron chi connectivity index (χ4n) is 4.19. The van der Waals surface area contributed by atoms with E-state index in [4.69, 9.17) is 9.84 Å². The van der Waals surface area contributed by atoms with Gasteiger partial charge in [-0.25, -0.2) is 4.79 Å². The van der Waals surface area contributed by atoms with Crippen molar-refractivity contribution in [2.45, 2.75) is 11.0 Å². The minimum Gasteiger partial charge on any atom is -0.482 e. The number of nitrogens with zero attached hydrogens (tertiary/aromatic N) is 4. The van der Waals surface area contributed by atoms with E-state index in [1.165, 1.54) is 16.8 Å². The zero-order chi connectivity index (χ0) is 31.1. The van der Waals surface area contributed by atoms with Gasteiger partial charge in [0.05, 0.1) is 19.2 Å². The van der Waals surface area contributed by atoms with Crippen molar-refractivity contribution < 1.29 is 53.9 Å². The summed E-state index contributed by atoms with van der Waals surface area (Å²) in [5, 5.41) is 38.1. The van der Waals surface area contributed by atoms with Crippen molar-refractivity contribution in [1.82, 2.24) is 24.3 Å². The molecule has 0 aliphatic carbocycles. The van der Waals surface area contributed by atoms with E-state index in [9.17, 15) is 44.1 Å². The van der Waals surface area contributed by atoms with Crippen LogP contribution in [-0.4, -0.2) is 165 Å². The molecule has 0 spiro atoms. The third-order valence-corrected chi connectivity index (χ3v) is 7.78. The number of nitrogens with one attached hydrogen (secondary N) is 1. The maximum atomic E-state index is 11.6. The van der Waals surface area contributed by atoms with Crippen LogP contribution in [-0.2, 0) is 18.9 Å². The fourth-order valence-corrected chi connectivity index (χ4v) is 5.71. The van der Waals surface area contributed by atoms with Gasteiger partial charge in [0.1, 0.15) is 12.0 Å². The molecule has 1 aliphatic rings. The number of hydrogen-bond donors (Lipinski definition) is 7. The van der Waals surface area contributed by atoms with Crippen molar-refractivity contribution in [3.05, 3.63) is 24.3 Å². The molecule has 0 bridgehead atoms. The average molecular weight is 638 g/mol. The summed E-state index contributed by atoms with van der Waals surface area (Å²) in [4.78, 5) is 60.0. The lowest BCUT2D eigenvalue weighted by molar-refractivity contribution is -0.140. The predicted octanol–water partition coefficient (Wildman–Crippen LogP) is -1.37. The van der Waals surface area contributed by atoms with Gasteiger partial charge in [0, 0.05) is 70.3 Å². The molecule has 0 aromatic heterocycles. The third-order valence-electron chi connectivity index (χ3n) is 6.20. The van der Waals surface area contributed by atoms with Crippen LogP contribution in [0.5, 0.6) is 5.75 Å². The van der Waals surface area contributed by atoms with Gasteiger partial charge in [-0.1, -0.05) is 0 Å². The molecule has 42 heavy (non-hydrogen) atoms. The zero-order valence-electron chi connectivity index (χ0n) is 23.2. The van der Waals surface area contributed by atoms with Crippen molar-refractivity contribution in [2.75, 3.05) is 91.4 Å². The summed E-state index contributed by atoms with van der Waals surface area (Å²) in [6.45, 7) is 1.75. The molecule has 2 rings (SSSR count). The van der Waals surface area contributed by atoms with Crippen molar-refractivity contribution in [2.24, 2.45) is 0 Å². The van der Waals surface area contributed by atoms with Gasteiger partial charge in [-0.05, 0) is 36.2 Å². The lowest BCUT2D eigenvalue weighted by atomic mass is 10.3. The monoisotopic (exact) mass is 637 g/mol. The van der Waals surface area contributed by atoms with Crippen LogP contribution in [0.25, 0.3) is 0 Å². The Morgan fingerprint density at radius 1 is 0.810 bits per heavy atom. The van der Waals surface area contributed by atoms with Gasteiger partial charge < -0.3 is 34.9 Å². The number of carboxylic acid groups (broad SMARTS) is 3. The first-order valence-electron chi connectivity index (χ1n) is 13.2. The Balaban J connectivity index is 1.99. The number of aliphatic carboxylic acids is 3. The van der Waals surface area contributed by atoms with E-state index in [1.807, 2.05) is 4.90 Å². The Labute approximate surface area is 248 Å². The van der Waals surface area contributed by atoms with Gasteiger partial charge in [0.15, 0.2) is 6.61 Å². The second-order valence-electron chi connectivity index (χ2n) is 9.82. The molecule has 1 atom stereocenters. The predicted molar refractivity (Wildman–Crippen MR) is 153 cm³/mol. The van der Waals surface area contributed by atoms with Gasteiger partial charge in [0.25, 0.3) is 0 Å². The number of carboxylic acids is 3. The van der Waals surface area contributed by atoms with Gasteiger partial charge >= 0.3 is 25.5 Å². The molecule has 238 valence electrons. The SMILES string of the molecule is O=C(O)COc1ccc(SNCC(O)CN2CCN(CC(=O)O)CCN(CP(=O)(O)O)CCN(CC(=O)O)CC2)cc1. The van der Waals surface area contributed by atoms with Gasteiger partial charge in [-0.15, -0.1) is 0 Å². The molecule has 1 unspecified atom stereocenters. The summed E-state index contributed by atoms with van der Waals surface area (Å²) in [6, 6.07) is 6.76. The number of ether oxygens (including phenoxy) is 1. The molecule has 0 saturated carbocycles. The van der Waals surface area contributed by atoms with E-state index in [0.29, 0.717) is 31.9 Å². The number of carbonyl (C=O) groups is 3. The minimum absolute atomic E-state index is 0.190. The van der Waals surface area contributed by atoms with Crippen LogP contribution in [0.1, 0.15) is 0 Å². The Bertz CT molecular complexity index is 1020. The summed E-state index contributed by atoms with van der Waals surface area (Å²) < 4.78 is 19.8. The second kappa shape index (κ2) is 18.4. The molecule has 1 saturated heterocycles. The van der Waals surface area contributed by atoms with E-state index < -0.39 is 44.5 Å². The fraction of sp³-hybridized carbons (Fsp3) is 0.625. The first-order valence-corrected chi connectivity index (χ1v) is 15.8. The van der Waals surface area contributed by atoms with Crippen LogP contribution >= 0.6 is 19.5 Å². The average Bonchev–Trinajstić information content (AvgIpc) is 2.88. The quantitative estimate of drug-likeness (QED) is 0.0870. The Morgan fingerprint density at radius 2 is 1.29 bits per heavy atom. The Kier molecular flexibility index (Phi) is 15.7. The van der Waals surface area contributed by atoms with E-state index in [1.54, 1.807) is 34.1 Å². The number of aliphatic hydroxyl groups excluding tert-OH is 1. The molecule has 18 heteroatoms. The molecule has 1 fully saturated rings. The van der Waals surface area contributed by atoms with Crippen LogP contribution in [0.3, 0.4) is 0 Å². The standard InChI is InChI=1S/C24H40N5O11PS/c30-19(13-25-42-21-3-1-20(2-4-21)40-17-24(35)36)14-26-5-7-27(15-22(31)32)9-11-29(18-41(37,38)39)12-10-28(8-6-26)16-23(33)34/h1-4,19,25,30H,5-18H2,(H,31,32)(H,33,34)(H,35,36)(H2,37,38,39). The summed E-state index contributed by atoms with van der Waals surface area (Å²) in [5.74, 6) is -2.73. The first-order chi connectivity index (χ1) is 19.8. The molecule has 1 aliphatic heterocycles. The highest BCUT2D eigenvalue weighted by atomic mass is 32.2. The van der Waals surface area contributed by atoms with Gasteiger partial charge in [-0.2, -0.15) is 0 Å². The Hall–Kier alpha value is -2.31. The molecular weight excluding hydrogens is 597 g/mol. The lowest BCUT2D eigenvalue weighted by Crippen LogP contribution is -2.49. The van der Waals surface area contributed by atoms with Gasteiger partial charge in [-0.3, -0.25) is 38.5 Å². The zero-order valence-corrected chi connectivity index (χ0v) is 24.9. The highest BCUT2D eigenvalue weighted by Crippen LogP contribution is 2.34. The number of benzene rings is 1. The van der Waals surface area contributed by atoms with E-state index in [2.05, 4.69) is 4.72 Å². The molecule has 16 nitrogen and oxygen atoms in total. The van der Waals surface area contributed by atoms with Crippen molar-refractivity contribution in [3.8, 4) is 5.75 Å². The molecule has 1 aromatic carbocycles. The minimum atomic E-state index is -4.38. The number of aliphatic hydroxyl groups is 1. The summed E-state index contributed by atoms with van der Waals surface area (Å²) in [7, 11) is -4.38. The molecular formula is C24H40N5O11PS. The molecule has 1 heterocycles. The Morgan fingerprint density at radius 3 is 1.74 bits per heavy atom. The maximum absolute atomic E-state index is 11.6. The van der Waals surface area contributed by atoms with Crippen LogP contribution in [0.4, 0.5) is 0 Å². The van der Waals surface area contributed by atoms with E-state index in [0.717, 1.165) is 4.90 Å². The summed E-state index contributed by atoms with van der Waals surface area (Å²) >= 11 is 1.27. The molecule has 7 N–H and O–H groups in total. The maximum Gasteiger partial charge on any atom is 0.341 e. The number of rotatable bonds is 15. The van der Waals surface area contributed by atoms with Gasteiger partial charge in [0.2, 0.25) is 0 Å². The third kappa shape index (κ3) is 16.4. The van der Waals surface area contributed by atoms with E-state index >= 15 is 0 Å². The number of β-amino-alcohol motifs (C(OH)–C–C–N with tert-alkyl or cyclic N) is 1. The van der Waals surface area contributed by atoms with Crippen LogP contribution in [0, 0.1) is 0 Å². The van der Waals surface area contributed by atoms with Crippen LogP contribution in [0.2, 0.25) is 0 Å². The first kappa shape index (κ1) is 35.9. The highest BCUT2D eigenvalue weighted by molar-refractivity contribution is 7.97. The van der Waals surface area contributed by atoms with Crippen molar-refractivity contribution in [3.63, 3.8) is 0 Å². The van der Waals surface area contributed by atoms with E-state index in [-0.39, 0.29) is 52.4 Å². The molecule has 1 aromatic rings. The van der Waals surface area contributed by atoms with Crippen LogP contribution < -0.4 is 9.46 Å².